The monoisotopic (exact) mass is 475 g/mol. The van der Waals surface area contributed by atoms with Crippen LogP contribution in [0.15, 0.2) is 39.5 Å². The number of rotatable bonds is 9. The lowest BCUT2D eigenvalue weighted by Crippen LogP contribution is -2.24. The molecule has 0 saturated heterocycles. The predicted molar refractivity (Wildman–Crippen MR) is 106 cm³/mol. The zero-order chi connectivity index (χ0) is 23.6. The summed E-state index contributed by atoms with van der Waals surface area (Å²) in [5, 5.41) is 3.22. The average molecular weight is 475 g/mol. The van der Waals surface area contributed by atoms with Crippen molar-refractivity contribution in [1.82, 2.24) is 15.1 Å². The molecule has 2 heterocycles. The van der Waals surface area contributed by atoms with E-state index in [-0.39, 0.29) is 42.4 Å². The molecule has 0 aliphatic carbocycles. The minimum absolute atomic E-state index is 0.0491. The highest BCUT2D eigenvalue weighted by Gasteiger charge is 2.38. The van der Waals surface area contributed by atoms with E-state index in [9.17, 15) is 26.0 Å². The molecular weight excluding hydrogens is 454 g/mol. The molecule has 0 N–H and O–H groups in total. The Morgan fingerprint density at radius 1 is 1.03 bits per heavy atom. The van der Waals surface area contributed by atoms with Crippen molar-refractivity contribution in [3.63, 3.8) is 0 Å². The number of hydrogen-bond donors (Lipinski definition) is 0. The number of halogens is 4. The summed E-state index contributed by atoms with van der Waals surface area (Å²) in [6, 6.07) is 5.64. The maximum Gasteiger partial charge on any atom is 0.471 e. The van der Waals surface area contributed by atoms with Crippen molar-refractivity contribution in [2.24, 2.45) is 0 Å². The fourth-order valence-electron chi connectivity index (χ4n) is 2.87. The summed E-state index contributed by atoms with van der Waals surface area (Å²) in [6.07, 6.45) is -3.02. The number of sulfone groups is 1. The smallest absolute Gasteiger partial charge is 0.444 e. The second kappa shape index (κ2) is 9.00. The van der Waals surface area contributed by atoms with E-state index >= 15 is 0 Å². The maximum absolute atomic E-state index is 13.1. The van der Waals surface area contributed by atoms with Gasteiger partial charge in [0.1, 0.15) is 21.9 Å². The summed E-state index contributed by atoms with van der Waals surface area (Å²) in [4.78, 5) is 7.62. The van der Waals surface area contributed by atoms with Crippen LogP contribution in [-0.2, 0) is 27.8 Å². The zero-order valence-electron chi connectivity index (χ0n) is 17.3. The quantitative estimate of drug-likeness (QED) is 0.417. The summed E-state index contributed by atoms with van der Waals surface area (Å²) in [5.74, 6) is -2.09. The van der Waals surface area contributed by atoms with Crippen LogP contribution in [-0.4, -0.2) is 35.0 Å². The van der Waals surface area contributed by atoms with E-state index in [1.165, 1.54) is 30.5 Å². The van der Waals surface area contributed by atoms with Crippen LogP contribution in [0.25, 0.3) is 11.5 Å². The van der Waals surface area contributed by atoms with Crippen molar-refractivity contribution in [2.45, 2.75) is 44.7 Å². The van der Waals surface area contributed by atoms with Gasteiger partial charge in [-0.05, 0) is 37.1 Å². The average Bonchev–Trinajstić information content (AvgIpc) is 3.37. The molecule has 0 radical (unpaired) electrons. The number of aromatic nitrogens is 3. The lowest BCUT2D eigenvalue weighted by Gasteiger charge is -2.21. The molecular formula is C20H21F4N3O4S. The number of hydrogen-bond acceptors (Lipinski definition) is 7. The van der Waals surface area contributed by atoms with Crippen LogP contribution in [0.3, 0.4) is 0 Å². The third-order valence-electron chi connectivity index (χ3n) is 4.89. The Labute approximate surface area is 181 Å². The van der Waals surface area contributed by atoms with E-state index in [1.807, 2.05) is 13.8 Å². The van der Waals surface area contributed by atoms with Gasteiger partial charge in [0, 0.05) is 17.4 Å². The van der Waals surface area contributed by atoms with E-state index in [4.69, 9.17) is 4.42 Å². The molecule has 0 fully saturated rings. The SMILES string of the molecule is CC(C)(CCS(=O)(=O)CCCc1noc(C(F)(F)F)n1)c1coc(-c2ccc(F)cc2)n1. The van der Waals surface area contributed by atoms with Gasteiger partial charge in [-0.3, -0.25) is 0 Å². The first kappa shape index (κ1) is 23.9. The zero-order valence-corrected chi connectivity index (χ0v) is 18.1. The standard InChI is InChI=1S/C20H21F4N3O4S/c1-19(2,15-12-30-17(25-15)13-5-7-14(21)8-6-13)9-11-32(28,29)10-3-4-16-26-18(31-27-16)20(22,23)24/h5-8,12H,3-4,9-11H2,1-2H3. The highest BCUT2D eigenvalue weighted by Crippen LogP contribution is 2.30. The molecule has 3 rings (SSSR count). The number of nitrogens with zero attached hydrogens (tertiary/aromatic N) is 3. The van der Waals surface area contributed by atoms with E-state index < -0.39 is 27.3 Å². The minimum atomic E-state index is -4.74. The van der Waals surface area contributed by atoms with Crippen molar-refractivity contribution in [3.8, 4) is 11.5 Å². The first-order valence-electron chi connectivity index (χ1n) is 9.68. The summed E-state index contributed by atoms with van der Waals surface area (Å²) < 4.78 is 84.8. The van der Waals surface area contributed by atoms with Gasteiger partial charge in [-0.15, -0.1) is 0 Å². The Balaban J connectivity index is 1.54. The fourth-order valence-corrected chi connectivity index (χ4v) is 4.48. The second-order valence-electron chi connectivity index (χ2n) is 7.95. The topological polar surface area (TPSA) is 99.1 Å². The van der Waals surface area contributed by atoms with E-state index in [0.29, 0.717) is 17.1 Å². The number of alkyl halides is 3. The molecule has 174 valence electrons. The molecule has 32 heavy (non-hydrogen) atoms. The van der Waals surface area contributed by atoms with Crippen LogP contribution in [0.4, 0.5) is 17.6 Å². The lowest BCUT2D eigenvalue weighted by molar-refractivity contribution is -0.159. The van der Waals surface area contributed by atoms with Gasteiger partial charge in [-0.2, -0.15) is 18.2 Å². The molecule has 0 aliphatic rings. The molecule has 0 bridgehead atoms. The molecule has 0 spiro atoms. The van der Waals surface area contributed by atoms with Gasteiger partial charge in [-0.25, -0.2) is 17.8 Å². The molecule has 7 nitrogen and oxygen atoms in total. The van der Waals surface area contributed by atoms with Gasteiger partial charge >= 0.3 is 12.1 Å². The number of benzene rings is 1. The summed E-state index contributed by atoms with van der Waals surface area (Å²) in [7, 11) is -3.47. The predicted octanol–water partition coefficient (Wildman–Crippen LogP) is 4.60. The van der Waals surface area contributed by atoms with Crippen LogP contribution in [0.2, 0.25) is 0 Å². The van der Waals surface area contributed by atoms with E-state index in [2.05, 4.69) is 19.6 Å². The first-order valence-corrected chi connectivity index (χ1v) is 11.5. The molecule has 2 aromatic heterocycles. The van der Waals surface area contributed by atoms with Crippen LogP contribution in [0.1, 0.15) is 44.1 Å². The Bertz CT molecular complexity index is 1150. The van der Waals surface area contributed by atoms with Crippen LogP contribution < -0.4 is 0 Å². The van der Waals surface area contributed by atoms with Gasteiger partial charge < -0.3 is 8.94 Å². The minimum Gasteiger partial charge on any atom is -0.444 e. The molecule has 0 amide bonds. The molecule has 12 heteroatoms. The van der Waals surface area contributed by atoms with Gasteiger partial charge in [0.15, 0.2) is 5.82 Å². The van der Waals surface area contributed by atoms with Crippen molar-refractivity contribution in [1.29, 1.82) is 0 Å². The Morgan fingerprint density at radius 2 is 1.72 bits per heavy atom. The Kier molecular flexibility index (Phi) is 6.72. The lowest BCUT2D eigenvalue weighted by atomic mass is 9.87. The second-order valence-corrected chi connectivity index (χ2v) is 10.3. The van der Waals surface area contributed by atoms with Gasteiger partial charge in [0.05, 0.1) is 17.2 Å². The maximum atomic E-state index is 13.1. The van der Waals surface area contributed by atoms with E-state index in [1.54, 1.807) is 0 Å². The molecule has 1 aromatic carbocycles. The normalized spacial score (nSPS) is 12.9. The van der Waals surface area contributed by atoms with Gasteiger partial charge in [-0.1, -0.05) is 19.0 Å². The van der Waals surface area contributed by atoms with Crippen molar-refractivity contribution >= 4 is 9.84 Å². The summed E-state index contributed by atoms with van der Waals surface area (Å²) in [5.41, 5.74) is 0.527. The fraction of sp³-hybridized carbons (Fsp3) is 0.450. The first-order chi connectivity index (χ1) is 14.9. The third kappa shape index (κ3) is 6.15. The van der Waals surface area contributed by atoms with Crippen molar-refractivity contribution in [3.05, 3.63) is 53.8 Å². The van der Waals surface area contributed by atoms with Crippen molar-refractivity contribution in [2.75, 3.05) is 11.5 Å². The molecule has 0 atom stereocenters. The Hall–Kier alpha value is -2.76. The Morgan fingerprint density at radius 3 is 2.34 bits per heavy atom. The van der Waals surface area contributed by atoms with Gasteiger partial charge in [0.2, 0.25) is 5.89 Å². The largest absolute Gasteiger partial charge is 0.471 e. The highest BCUT2D eigenvalue weighted by atomic mass is 32.2. The highest BCUT2D eigenvalue weighted by molar-refractivity contribution is 7.91. The number of aryl methyl sites for hydroxylation is 1. The van der Waals surface area contributed by atoms with Crippen LogP contribution in [0, 0.1) is 5.82 Å². The van der Waals surface area contributed by atoms with Gasteiger partial charge in [0.25, 0.3) is 0 Å². The third-order valence-corrected chi connectivity index (χ3v) is 6.63. The number of oxazole rings is 1. The summed E-state index contributed by atoms with van der Waals surface area (Å²) in [6.45, 7) is 3.65. The summed E-state index contributed by atoms with van der Waals surface area (Å²) >= 11 is 0. The molecule has 0 saturated carbocycles. The van der Waals surface area contributed by atoms with Crippen LogP contribution in [0.5, 0.6) is 0 Å². The molecule has 0 unspecified atom stereocenters. The van der Waals surface area contributed by atoms with Crippen molar-refractivity contribution < 1.29 is 34.9 Å². The molecule has 3 aromatic rings. The molecule has 0 aliphatic heterocycles. The van der Waals surface area contributed by atoms with Crippen LogP contribution >= 0.6 is 0 Å². The van der Waals surface area contributed by atoms with E-state index in [0.717, 1.165) is 0 Å².